The summed E-state index contributed by atoms with van der Waals surface area (Å²) in [7, 11) is 0. The maximum atomic E-state index is 5.14. The number of benzene rings is 8. The molecule has 0 aliphatic carbocycles. The van der Waals surface area contributed by atoms with E-state index >= 15 is 0 Å². The van der Waals surface area contributed by atoms with Gasteiger partial charge >= 0.3 is 0 Å². The molecule has 12 rings (SSSR count). The summed E-state index contributed by atoms with van der Waals surface area (Å²) in [4.78, 5) is 10.2. The molecule has 0 saturated carbocycles. The minimum absolute atomic E-state index is 0.886. The lowest BCUT2D eigenvalue weighted by atomic mass is 9.97. The van der Waals surface area contributed by atoms with Crippen molar-refractivity contribution in [2.75, 3.05) is 0 Å². The molecule has 0 saturated heterocycles. The fraction of sp³-hybridized carbons (Fsp3) is 0. The Balaban J connectivity index is 1.11. The summed E-state index contributed by atoms with van der Waals surface area (Å²) >= 11 is 0. The molecule has 0 unspecified atom stereocenters. The standard InChI is InChI=1S/C48H28N4/c1-2-12-30(13-3-1)45-46(50-38-18-8-7-17-37(38)49-45)31-24-22-29(23-25-31)32-26-27-36-42(28-32)52-41-21-11-10-20-40(41)51-39-19-9-6-16-35(39)43-33-14-4-5-15-34(33)44(36)48(52)47(43)51/h1-28H. The number of fused-ring (bicyclic) bond motifs is 13. The fourth-order valence-corrected chi connectivity index (χ4v) is 8.78. The summed E-state index contributed by atoms with van der Waals surface area (Å²) in [6.45, 7) is 0. The number of nitrogens with zero attached hydrogens (tertiary/aromatic N) is 4. The van der Waals surface area contributed by atoms with Gasteiger partial charge in [-0.15, -0.1) is 0 Å². The van der Waals surface area contributed by atoms with Gasteiger partial charge in [0.25, 0.3) is 0 Å². The molecule has 4 nitrogen and oxygen atoms in total. The molecule has 52 heavy (non-hydrogen) atoms. The summed E-state index contributed by atoms with van der Waals surface area (Å²) in [6.07, 6.45) is 0. The molecule has 0 atom stereocenters. The molecule has 12 aromatic rings. The number of hydrogen-bond donors (Lipinski definition) is 0. The first-order chi connectivity index (χ1) is 25.8. The first-order valence-electron chi connectivity index (χ1n) is 17.8. The van der Waals surface area contributed by atoms with E-state index in [1.165, 1.54) is 71.0 Å². The van der Waals surface area contributed by atoms with Gasteiger partial charge in [-0.1, -0.05) is 133 Å². The largest absolute Gasteiger partial charge is 0.305 e. The van der Waals surface area contributed by atoms with Crippen LogP contribution >= 0.6 is 0 Å². The Hall–Kier alpha value is -7.04. The summed E-state index contributed by atoms with van der Waals surface area (Å²) in [5.41, 5.74) is 15.4. The summed E-state index contributed by atoms with van der Waals surface area (Å²) in [5, 5.41) is 7.77. The number of para-hydroxylation sites is 5. The third kappa shape index (κ3) is 3.65. The molecule has 240 valence electrons. The van der Waals surface area contributed by atoms with Crippen LogP contribution in [0.4, 0.5) is 0 Å². The van der Waals surface area contributed by atoms with E-state index in [1.807, 2.05) is 30.3 Å². The van der Waals surface area contributed by atoms with Crippen LogP contribution in [0.3, 0.4) is 0 Å². The second-order valence-electron chi connectivity index (χ2n) is 13.8. The quantitative estimate of drug-likeness (QED) is 0.177. The molecule has 0 aliphatic rings. The van der Waals surface area contributed by atoms with E-state index in [9.17, 15) is 0 Å². The van der Waals surface area contributed by atoms with Crippen LogP contribution in [0.1, 0.15) is 0 Å². The Morgan fingerprint density at radius 3 is 1.38 bits per heavy atom. The maximum Gasteiger partial charge on any atom is 0.0973 e. The van der Waals surface area contributed by atoms with Crippen molar-refractivity contribution in [3.8, 4) is 33.6 Å². The lowest BCUT2D eigenvalue weighted by molar-refractivity contribution is 1.26. The normalized spacial score (nSPS) is 12.2. The Morgan fingerprint density at radius 2 is 0.750 bits per heavy atom. The van der Waals surface area contributed by atoms with Crippen molar-refractivity contribution in [1.82, 2.24) is 18.8 Å². The fourth-order valence-electron chi connectivity index (χ4n) is 8.78. The van der Waals surface area contributed by atoms with Gasteiger partial charge in [0, 0.05) is 32.7 Å². The van der Waals surface area contributed by atoms with Crippen LogP contribution in [0.5, 0.6) is 0 Å². The van der Waals surface area contributed by atoms with Crippen LogP contribution in [-0.4, -0.2) is 18.8 Å². The highest BCUT2D eigenvalue weighted by Crippen LogP contribution is 2.47. The average molecular weight is 661 g/mol. The Bertz CT molecular complexity index is 3350. The molecular weight excluding hydrogens is 633 g/mol. The molecule has 0 N–H and O–H groups in total. The summed E-state index contributed by atoms with van der Waals surface area (Å²) in [6, 6.07) is 60.9. The van der Waals surface area contributed by atoms with Gasteiger partial charge in [-0.05, 0) is 58.3 Å². The lowest BCUT2D eigenvalue weighted by Gasteiger charge is -2.13. The smallest absolute Gasteiger partial charge is 0.0973 e. The SMILES string of the molecule is c1ccc(-c2nc3ccccc3nc2-c2ccc(-c3ccc4c5c6ccccc6c6c7ccccc7n7c8ccccc8n(c4c3)c5c67)cc2)cc1. The molecule has 4 heterocycles. The maximum absolute atomic E-state index is 5.14. The first-order valence-corrected chi connectivity index (χ1v) is 17.8. The zero-order chi connectivity index (χ0) is 33.9. The molecule has 0 fully saturated rings. The summed E-state index contributed by atoms with van der Waals surface area (Å²) in [5.74, 6) is 0. The van der Waals surface area contributed by atoms with Crippen LogP contribution in [0.15, 0.2) is 170 Å². The highest BCUT2D eigenvalue weighted by atomic mass is 15.0. The van der Waals surface area contributed by atoms with E-state index in [0.29, 0.717) is 0 Å². The molecule has 0 bridgehead atoms. The molecule has 4 heteroatoms. The monoisotopic (exact) mass is 660 g/mol. The third-order valence-electron chi connectivity index (χ3n) is 11.0. The lowest BCUT2D eigenvalue weighted by Crippen LogP contribution is -1.97. The number of rotatable bonds is 3. The number of aromatic nitrogens is 4. The van der Waals surface area contributed by atoms with Crippen molar-refractivity contribution in [1.29, 1.82) is 0 Å². The van der Waals surface area contributed by atoms with Crippen LogP contribution in [0.2, 0.25) is 0 Å². The second kappa shape index (κ2) is 10.3. The van der Waals surface area contributed by atoms with Gasteiger partial charge in [-0.25, -0.2) is 9.97 Å². The van der Waals surface area contributed by atoms with Gasteiger partial charge in [0.15, 0.2) is 0 Å². The zero-order valence-electron chi connectivity index (χ0n) is 28.0. The Labute approximate surface area is 297 Å². The zero-order valence-corrected chi connectivity index (χ0v) is 28.0. The minimum Gasteiger partial charge on any atom is -0.305 e. The highest BCUT2D eigenvalue weighted by molar-refractivity contribution is 6.37. The van der Waals surface area contributed by atoms with Crippen LogP contribution in [-0.2, 0) is 0 Å². The van der Waals surface area contributed by atoms with Crippen molar-refractivity contribution in [3.05, 3.63) is 170 Å². The predicted octanol–water partition coefficient (Wildman–Crippen LogP) is 12.3. The second-order valence-corrected chi connectivity index (χ2v) is 13.8. The van der Waals surface area contributed by atoms with Crippen molar-refractivity contribution < 1.29 is 0 Å². The molecule has 8 aromatic carbocycles. The van der Waals surface area contributed by atoms with Crippen LogP contribution in [0, 0.1) is 0 Å². The average Bonchev–Trinajstić information content (AvgIpc) is 3.75. The minimum atomic E-state index is 0.886. The Morgan fingerprint density at radius 1 is 0.308 bits per heavy atom. The third-order valence-corrected chi connectivity index (χ3v) is 11.0. The van der Waals surface area contributed by atoms with E-state index in [2.05, 4.69) is 148 Å². The molecule has 4 aromatic heterocycles. The number of hydrogen-bond acceptors (Lipinski definition) is 2. The van der Waals surface area contributed by atoms with Gasteiger partial charge in [-0.3, -0.25) is 0 Å². The first kappa shape index (κ1) is 27.7. The van der Waals surface area contributed by atoms with Gasteiger partial charge in [0.1, 0.15) is 0 Å². The van der Waals surface area contributed by atoms with E-state index in [1.54, 1.807) is 0 Å². The molecule has 0 amide bonds. The summed E-state index contributed by atoms with van der Waals surface area (Å²) < 4.78 is 5.01. The van der Waals surface area contributed by atoms with Crippen LogP contribution < -0.4 is 0 Å². The van der Waals surface area contributed by atoms with Gasteiger partial charge in [0.2, 0.25) is 0 Å². The van der Waals surface area contributed by atoms with E-state index in [0.717, 1.165) is 39.1 Å². The van der Waals surface area contributed by atoms with Crippen LogP contribution in [0.25, 0.3) is 110 Å². The predicted molar refractivity (Wildman–Crippen MR) is 216 cm³/mol. The Kier molecular flexibility index (Phi) is 5.47. The van der Waals surface area contributed by atoms with Crippen molar-refractivity contribution in [2.45, 2.75) is 0 Å². The molecule has 0 aliphatic heterocycles. The highest BCUT2D eigenvalue weighted by Gasteiger charge is 2.25. The molecule has 0 radical (unpaired) electrons. The van der Waals surface area contributed by atoms with Crippen molar-refractivity contribution in [3.63, 3.8) is 0 Å². The van der Waals surface area contributed by atoms with Crippen molar-refractivity contribution >= 4 is 76.5 Å². The molecular formula is C48H28N4. The molecule has 0 spiro atoms. The van der Waals surface area contributed by atoms with E-state index in [4.69, 9.17) is 9.97 Å². The van der Waals surface area contributed by atoms with Gasteiger partial charge < -0.3 is 8.80 Å². The topological polar surface area (TPSA) is 34.6 Å². The van der Waals surface area contributed by atoms with Crippen molar-refractivity contribution in [2.24, 2.45) is 0 Å². The van der Waals surface area contributed by atoms with Gasteiger partial charge in [0.05, 0.1) is 55.5 Å². The van der Waals surface area contributed by atoms with E-state index < -0.39 is 0 Å². The van der Waals surface area contributed by atoms with Gasteiger partial charge in [-0.2, -0.15) is 0 Å². The van der Waals surface area contributed by atoms with E-state index in [-0.39, 0.29) is 0 Å².